The van der Waals surface area contributed by atoms with Crippen LogP contribution in [0.5, 0.6) is 0 Å². The standard InChI is InChI=1S/C20H25N/c1-2-8-20-19-12-7-6-11-18(19)14-17(15-21-20)13-16-9-4-3-5-10-16/h3-7,9-12,17,20-21H,2,8,13-15H2,1H3. The van der Waals surface area contributed by atoms with Crippen LogP contribution < -0.4 is 5.32 Å². The number of nitrogens with one attached hydrogen (secondary N) is 1. The maximum Gasteiger partial charge on any atom is 0.0322 e. The molecule has 110 valence electrons. The van der Waals surface area contributed by atoms with E-state index in [9.17, 15) is 0 Å². The molecular weight excluding hydrogens is 254 g/mol. The van der Waals surface area contributed by atoms with Crippen LogP contribution in [0.1, 0.15) is 42.5 Å². The zero-order valence-electron chi connectivity index (χ0n) is 12.9. The summed E-state index contributed by atoms with van der Waals surface area (Å²) < 4.78 is 0. The maximum atomic E-state index is 3.81. The minimum atomic E-state index is 0.534. The van der Waals surface area contributed by atoms with E-state index >= 15 is 0 Å². The second kappa shape index (κ2) is 6.91. The number of rotatable bonds is 4. The van der Waals surface area contributed by atoms with E-state index in [0.29, 0.717) is 12.0 Å². The van der Waals surface area contributed by atoms with Crippen LogP contribution in [0, 0.1) is 5.92 Å². The summed E-state index contributed by atoms with van der Waals surface area (Å²) >= 11 is 0. The molecule has 2 aromatic rings. The van der Waals surface area contributed by atoms with Gasteiger partial charge in [-0.15, -0.1) is 0 Å². The summed E-state index contributed by atoms with van der Waals surface area (Å²) in [4.78, 5) is 0. The first kappa shape index (κ1) is 14.3. The lowest BCUT2D eigenvalue weighted by atomic mass is 9.90. The second-order valence-corrected chi connectivity index (χ2v) is 6.21. The topological polar surface area (TPSA) is 12.0 Å². The highest BCUT2D eigenvalue weighted by atomic mass is 14.9. The Bertz CT molecular complexity index is 561. The van der Waals surface area contributed by atoms with Gasteiger partial charge in [0.2, 0.25) is 0 Å². The van der Waals surface area contributed by atoms with E-state index in [1.54, 1.807) is 5.56 Å². The van der Waals surface area contributed by atoms with Crippen LogP contribution in [0.4, 0.5) is 0 Å². The van der Waals surface area contributed by atoms with Crippen molar-refractivity contribution in [2.24, 2.45) is 5.92 Å². The molecule has 0 aliphatic carbocycles. The van der Waals surface area contributed by atoms with Crippen molar-refractivity contribution in [2.45, 2.75) is 38.6 Å². The quantitative estimate of drug-likeness (QED) is 0.867. The Kier molecular flexibility index (Phi) is 4.72. The molecule has 0 bridgehead atoms. The van der Waals surface area contributed by atoms with Crippen molar-refractivity contribution < 1.29 is 0 Å². The summed E-state index contributed by atoms with van der Waals surface area (Å²) in [5.41, 5.74) is 4.52. The van der Waals surface area contributed by atoms with Crippen LogP contribution in [0.3, 0.4) is 0 Å². The molecule has 0 fully saturated rings. The molecule has 0 saturated carbocycles. The first-order valence-corrected chi connectivity index (χ1v) is 8.22. The summed E-state index contributed by atoms with van der Waals surface area (Å²) in [6.45, 7) is 3.39. The molecule has 1 heterocycles. The van der Waals surface area contributed by atoms with Gasteiger partial charge in [-0.1, -0.05) is 67.9 Å². The number of benzene rings is 2. The molecule has 0 spiro atoms. The number of hydrogen-bond donors (Lipinski definition) is 1. The lowest BCUT2D eigenvalue weighted by molar-refractivity contribution is 0.433. The molecule has 21 heavy (non-hydrogen) atoms. The van der Waals surface area contributed by atoms with Crippen molar-refractivity contribution >= 4 is 0 Å². The predicted octanol–water partition coefficient (Wildman–Crippen LogP) is 4.53. The Hall–Kier alpha value is -1.60. The third-order valence-electron chi connectivity index (χ3n) is 4.54. The average molecular weight is 279 g/mol. The lowest BCUT2D eigenvalue weighted by Crippen LogP contribution is -2.26. The average Bonchev–Trinajstić information content (AvgIpc) is 2.69. The first-order chi connectivity index (χ1) is 10.4. The molecule has 2 atom stereocenters. The Morgan fingerprint density at radius 1 is 1.00 bits per heavy atom. The summed E-state index contributed by atoms with van der Waals surface area (Å²) in [6.07, 6.45) is 4.82. The highest BCUT2D eigenvalue weighted by Crippen LogP contribution is 2.28. The van der Waals surface area contributed by atoms with Gasteiger partial charge < -0.3 is 5.32 Å². The van der Waals surface area contributed by atoms with Crippen LogP contribution in [0.2, 0.25) is 0 Å². The molecule has 3 rings (SSSR count). The fourth-order valence-electron chi connectivity index (χ4n) is 3.50. The zero-order chi connectivity index (χ0) is 14.5. The third kappa shape index (κ3) is 3.54. The molecule has 2 aromatic carbocycles. The normalized spacial score (nSPS) is 21.6. The molecule has 1 heteroatoms. The van der Waals surface area contributed by atoms with Gasteiger partial charge in [-0.3, -0.25) is 0 Å². The van der Waals surface area contributed by atoms with E-state index in [1.165, 1.54) is 36.8 Å². The Labute approximate surface area is 128 Å². The molecule has 1 nitrogen and oxygen atoms in total. The Balaban J connectivity index is 1.79. The molecule has 0 radical (unpaired) electrons. The van der Waals surface area contributed by atoms with E-state index in [2.05, 4.69) is 66.8 Å². The van der Waals surface area contributed by atoms with Crippen molar-refractivity contribution in [3.8, 4) is 0 Å². The van der Waals surface area contributed by atoms with Crippen LogP contribution in [0.15, 0.2) is 54.6 Å². The fraction of sp³-hybridized carbons (Fsp3) is 0.400. The number of fused-ring (bicyclic) bond motifs is 1. The van der Waals surface area contributed by atoms with Gasteiger partial charge in [-0.25, -0.2) is 0 Å². The van der Waals surface area contributed by atoms with Crippen molar-refractivity contribution in [2.75, 3.05) is 6.54 Å². The molecular formula is C20H25N. The summed E-state index contributed by atoms with van der Waals surface area (Å²) in [5.74, 6) is 0.690. The molecule has 1 aliphatic heterocycles. The molecule has 0 saturated heterocycles. The monoisotopic (exact) mass is 279 g/mol. The van der Waals surface area contributed by atoms with Crippen molar-refractivity contribution in [1.29, 1.82) is 0 Å². The zero-order valence-corrected chi connectivity index (χ0v) is 12.9. The van der Waals surface area contributed by atoms with E-state index in [-0.39, 0.29) is 0 Å². The lowest BCUT2D eigenvalue weighted by Gasteiger charge is -2.18. The van der Waals surface area contributed by atoms with Crippen LogP contribution in [0.25, 0.3) is 0 Å². The highest BCUT2D eigenvalue weighted by molar-refractivity contribution is 5.32. The van der Waals surface area contributed by atoms with Crippen molar-refractivity contribution in [3.05, 3.63) is 71.3 Å². The van der Waals surface area contributed by atoms with Crippen LogP contribution in [-0.4, -0.2) is 6.54 Å². The summed E-state index contributed by atoms with van der Waals surface area (Å²) in [7, 11) is 0. The van der Waals surface area contributed by atoms with Crippen molar-refractivity contribution in [3.63, 3.8) is 0 Å². The summed E-state index contributed by atoms with van der Waals surface area (Å²) in [5, 5.41) is 3.81. The van der Waals surface area contributed by atoms with Gasteiger partial charge in [-0.2, -0.15) is 0 Å². The first-order valence-electron chi connectivity index (χ1n) is 8.22. The van der Waals surface area contributed by atoms with Gasteiger partial charge in [0.15, 0.2) is 0 Å². The predicted molar refractivity (Wildman–Crippen MR) is 89.4 cm³/mol. The van der Waals surface area contributed by atoms with E-state index < -0.39 is 0 Å². The van der Waals surface area contributed by atoms with Gasteiger partial charge in [0, 0.05) is 6.04 Å². The molecule has 2 unspecified atom stereocenters. The molecule has 0 amide bonds. The van der Waals surface area contributed by atoms with Gasteiger partial charge in [-0.05, 0) is 48.4 Å². The van der Waals surface area contributed by atoms with Crippen molar-refractivity contribution in [1.82, 2.24) is 5.32 Å². The minimum Gasteiger partial charge on any atom is -0.310 e. The Morgan fingerprint density at radius 2 is 1.76 bits per heavy atom. The highest BCUT2D eigenvalue weighted by Gasteiger charge is 2.22. The smallest absolute Gasteiger partial charge is 0.0322 e. The van der Waals surface area contributed by atoms with Gasteiger partial charge in [0.25, 0.3) is 0 Å². The minimum absolute atomic E-state index is 0.534. The van der Waals surface area contributed by atoms with Gasteiger partial charge in [0.05, 0.1) is 0 Å². The van der Waals surface area contributed by atoms with E-state index in [4.69, 9.17) is 0 Å². The second-order valence-electron chi connectivity index (χ2n) is 6.21. The maximum absolute atomic E-state index is 3.81. The fourth-order valence-corrected chi connectivity index (χ4v) is 3.50. The van der Waals surface area contributed by atoms with E-state index in [1.807, 2.05) is 0 Å². The SMILES string of the molecule is CCCC1NCC(Cc2ccccc2)Cc2ccccc21. The van der Waals surface area contributed by atoms with Gasteiger partial charge in [0.1, 0.15) is 0 Å². The number of hydrogen-bond acceptors (Lipinski definition) is 1. The van der Waals surface area contributed by atoms with Gasteiger partial charge >= 0.3 is 0 Å². The molecule has 1 aliphatic rings. The molecule has 1 N–H and O–H groups in total. The van der Waals surface area contributed by atoms with Crippen LogP contribution >= 0.6 is 0 Å². The third-order valence-corrected chi connectivity index (χ3v) is 4.54. The molecule has 0 aromatic heterocycles. The Morgan fingerprint density at radius 3 is 2.57 bits per heavy atom. The van der Waals surface area contributed by atoms with Crippen LogP contribution in [-0.2, 0) is 12.8 Å². The summed E-state index contributed by atoms with van der Waals surface area (Å²) in [6, 6.07) is 20.4. The van der Waals surface area contributed by atoms with E-state index in [0.717, 1.165) is 6.54 Å². The largest absolute Gasteiger partial charge is 0.310 e.